The van der Waals surface area contributed by atoms with Crippen LogP contribution in [-0.2, 0) is 11.3 Å². The maximum atomic E-state index is 12.0. The standard InChI is InChI=1S/C14H11ClN4O/c15-11-5-6-13(16-8-11)18-14(20)9-19-12-4-2-1-3-10(12)7-17-19/h1-8H,9H2,(H,16,18,20). The third-order valence-electron chi connectivity index (χ3n) is 2.84. The fraction of sp³-hybridized carbons (Fsp3) is 0.0714. The highest BCUT2D eigenvalue weighted by molar-refractivity contribution is 6.30. The third-order valence-corrected chi connectivity index (χ3v) is 3.06. The number of carbonyl (C=O) groups excluding carboxylic acids is 1. The van der Waals surface area contributed by atoms with Gasteiger partial charge in [-0.05, 0) is 18.2 Å². The summed E-state index contributed by atoms with van der Waals surface area (Å²) in [7, 11) is 0. The highest BCUT2D eigenvalue weighted by Crippen LogP contribution is 2.13. The highest BCUT2D eigenvalue weighted by Gasteiger charge is 2.08. The molecule has 0 bridgehead atoms. The molecule has 1 amide bonds. The molecule has 0 saturated heterocycles. The highest BCUT2D eigenvalue weighted by atomic mass is 35.5. The number of amides is 1. The minimum atomic E-state index is -0.186. The van der Waals surface area contributed by atoms with E-state index in [2.05, 4.69) is 15.4 Å². The second kappa shape index (κ2) is 5.30. The summed E-state index contributed by atoms with van der Waals surface area (Å²) in [4.78, 5) is 16.0. The summed E-state index contributed by atoms with van der Waals surface area (Å²) in [5, 5.41) is 8.44. The maximum Gasteiger partial charge on any atom is 0.247 e. The molecule has 0 fully saturated rings. The number of nitrogens with one attached hydrogen (secondary N) is 1. The van der Waals surface area contributed by atoms with E-state index in [1.165, 1.54) is 6.20 Å². The van der Waals surface area contributed by atoms with Gasteiger partial charge in [-0.1, -0.05) is 29.8 Å². The van der Waals surface area contributed by atoms with Crippen molar-refractivity contribution >= 4 is 34.2 Å². The molecule has 5 nitrogen and oxygen atoms in total. The first kappa shape index (κ1) is 12.6. The Labute approximate surface area is 120 Å². The number of anilines is 1. The first-order valence-corrected chi connectivity index (χ1v) is 6.42. The molecule has 0 spiro atoms. The molecule has 20 heavy (non-hydrogen) atoms. The van der Waals surface area contributed by atoms with Gasteiger partial charge in [-0.25, -0.2) is 4.98 Å². The Morgan fingerprint density at radius 2 is 2.05 bits per heavy atom. The molecule has 0 unspecified atom stereocenters. The van der Waals surface area contributed by atoms with Gasteiger partial charge >= 0.3 is 0 Å². The van der Waals surface area contributed by atoms with Crippen LogP contribution in [0.4, 0.5) is 5.82 Å². The molecule has 2 heterocycles. The number of hydrogen-bond donors (Lipinski definition) is 1. The van der Waals surface area contributed by atoms with Gasteiger partial charge < -0.3 is 5.32 Å². The third kappa shape index (κ3) is 2.62. The largest absolute Gasteiger partial charge is 0.309 e. The number of pyridine rings is 1. The van der Waals surface area contributed by atoms with E-state index in [4.69, 9.17) is 11.6 Å². The topological polar surface area (TPSA) is 59.8 Å². The van der Waals surface area contributed by atoms with Crippen molar-refractivity contribution in [2.45, 2.75) is 6.54 Å². The summed E-state index contributed by atoms with van der Waals surface area (Å²) in [6.45, 7) is 0.137. The van der Waals surface area contributed by atoms with Crippen LogP contribution < -0.4 is 5.32 Å². The molecule has 3 rings (SSSR count). The van der Waals surface area contributed by atoms with E-state index in [1.807, 2.05) is 24.3 Å². The minimum absolute atomic E-state index is 0.137. The molecule has 2 aromatic heterocycles. The Bertz CT molecular complexity index is 751. The fourth-order valence-corrected chi connectivity index (χ4v) is 2.03. The predicted molar refractivity (Wildman–Crippen MR) is 77.6 cm³/mol. The first-order valence-electron chi connectivity index (χ1n) is 6.04. The number of carbonyl (C=O) groups is 1. The van der Waals surface area contributed by atoms with E-state index in [0.717, 1.165) is 10.9 Å². The van der Waals surface area contributed by atoms with Gasteiger partial charge in [0.15, 0.2) is 0 Å². The van der Waals surface area contributed by atoms with Gasteiger partial charge in [0.2, 0.25) is 5.91 Å². The van der Waals surface area contributed by atoms with Gasteiger partial charge in [0.05, 0.1) is 16.7 Å². The normalized spacial score (nSPS) is 10.7. The zero-order valence-electron chi connectivity index (χ0n) is 10.5. The van der Waals surface area contributed by atoms with Crippen LogP contribution >= 0.6 is 11.6 Å². The number of rotatable bonds is 3. The zero-order valence-corrected chi connectivity index (χ0v) is 11.2. The lowest BCUT2D eigenvalue weighted by Gasteiger charge is -2.05. The van der Waals surface area contributed by atoms with E-state index in [9.17, 15) is 4.79 Å². The second-order valence-electron chi connectivity index (χ2n) is 4.27. The molecule has 0 atom stereocenters. The van der Waals surface area contributed by atoms with Crippen molar-refractivity contribution in [2.75, 3.05) is 5.32 Å². The van der Waals surface area contributed by atoms with Crippen LogP contribution in [0.25, 0.3) is 10.9 Å². The van der Waals surface area contributed by atoms with Crippen LogP contribution in [-0.4, -0.2) is 20.7 Å². The number of nitrogens with zero attached hydrogens (tertiary/aromatic N) is 3. The quantitative estimate of drug-likeness (QED) is 0.805. The zero-order chi connectivity index (χ0) is 13.9. The SMILES string of the molecule is O=C(Cn1ncc2ccccc21)Nc1ccc(Cl)cn1. The number of halogens is 1. The van der Waals surface area contributed by atoms with E-state index in [0.29, 0.717) is 10.8 Å². The lowest BCUT2D eigenvalue weighted by Crippen LogP contribution is -2.19. The summed E-state index contributed by atoms with van der Waals surface area (Å²) in [6.07, 6.45) is 3.23. The number of aromatic nitrogens is 3. The minimum Gasteiger partial charge on any atom is -0.309 e. The lowest BCUT2D eigenvalue weighted by molar-refractivity contribution is -0.116. The van der Waals surface area contributed by atoms with Gasteiger partial charge in [-0.2, -0.15) is 5.10 Å². The van der Waals surface area contributed by atoms with Gasteiger partial charge in [0.25, 0.3) is 0 Å². The average Bonchev–Trinajstić information content (AvgIpc) is 2.85. The van der Waals surface area contributed by atoms with Crippen molar-refractivity contribution in [3.8, 4) is 0 Å². The smallest absolute Gasteiger partial charge is 0.247 e. The van der Waals surface area contributed by atoms with E-state index in [1.54, 1.807) is 23.0 Å². The fourth-order valence-electron chi connectivity index (χ4n) is 1.92. The van der Waals surface area contributed by atoms with Crippen LogP contribution in [0.5, 0.6) is 0 Å². The van der Waals surface area contributed by atoms with Crippen molar-refractivity contribution in [3.05, 3.63) is 53.8 Å². The average molecular weight is 287 g/mol. The summed E-state index contributed by atoms with van der Waals surface area (Å²) in [5.41, 5.74) is 0.923. The van der Waals surface area contributed by atoms with Crippen molar-refractivity contribution in [1.29, 1.82) is 0 Å². The summed E-state index contributed by atoms with van der Waals surface area (Å²) in [5.74, 6) is 0.282. The molecule has 3 aromatic rings. The van der Waals surface area contributed by atoms with Gasteiger partial charge in [-0.3, -0.25) is 9.48 Å². The molecule has 0 aliphatic heterocycles. The van der Waals surface area contributed by atoms with Gasteiger partial charge in [0.1, 0.15) is 12.4 Å². The monoisotopic (exact) mass is 286 g/mol. The molecule has 1 aromatic carbocycles. The van der Waals surface area contributed by atoms with E-state index >= 15 is 0 Å². The Morgan fingerprint density at radius 3 is 2.85 bits per heavy atom. The van der Waals surface area contributed by atoms with Gasteiger partial charge in [-0.15, -0.1) is 0 Å². The maximum absolute atomic E-state index is 12.0. The molecule has 0 aliphatic carbocycles. The lowest BCUT2D eigenvalue weighted by atomic mass is 10.2. The number of hydrogen-bond acceptors (Lipinski definition) is 3. The molecule has 0 radical (unpaired) electrons. The second-order valence-corrected chi connectivity index (χ2v) is 4.71. The van der Waals surface area contributed by atoms with Crippen molar-refractivity contribution in [2.24, 2.45) is 0 Å². The Balaban J connectivity index is 1.74. The molecule has 100 valence electrons. The van der Waals surface area contributed by atoms with E-state index in [-0.39, 0.29) is 12.5 Å². The molecular weight excluding hydrogens is 276 g/mol. The summed E-state index contributed by atoms with van der Waals surface area (Å²) < 4.78 is 1.65. The first-order chi connectivity index (χ1) is 9.72. The van der Waals surface area contributed by atoms with Crippen LogP contribution in [0.3, 0.4) is 0 Å². The van der Waals surface area contributed by atoms with Crippen molar-refractivity contribution in [1.82, 2.24) is 14.8 Å². The van der Waals surface area contributed by atoms with Crippen molar-refractivity contribution in [3.63, 3.8) is 0 Å². The van der Waals surface area contributed by atoms with Crippen LogP contribution in [0.15, 0.2) is 48.8 Å². The molecule has 0 saturated carbocycles. The summed E-state index contributed by atoms with van der Waals surface area (Å²) >= 11 is 5.74. The number of para-hydroxylation sites is 1. The molecule has 1 N–H and O–H groups in total. The van der Waals surface area contributed by atoms with Crippen LogP contribution in [0.2, 0.25) is 5.02 Å². The Hall–Kier alpha value is -2.40. The molecule has 6 heteroatoms. The van der Waals surface area contributed by atoms with Crippen LogP contribution in [0, 0.1) is 0 Å². The Morgan fingerprint density at radius 1 is 1.20 bits per heavy atom. The van der Waals surface area contributed by atoms with E-state index < -0.39 is 0 Å². The van der Waals surface area contributed by atoms with Crippen LogP contribution in [0.1, 0.15) is 0 Å². The summed E-state index contributed by atoms with van der Waals surface area (Å²) in [6, 6.07) is 11.1. The molecule has 0 aliphatic rings. The molecular formula is C14H11ClN4O. The predicted octanol–water partition coefficient (Wildman–Crippen LogP) is 2.72. The van der Waals surface area contributed by atoms with Gasteiger partial charge in [0, 0.05) is 11.6 Å². The number of fused-ring (bicyclic) bond motifs is 1. The number of benzene rings is 1. The Kier molecular flexibility index (Phi) is 3.35. The van der Waals surface area contributed by atoms with Crippen molar-refractivity contribution < 1.29 is 4.79 Å².